The van der Waals surface area contributed by atoms with Crippen molar-refractivity contribution in [3.05, 3.63) is 35.7 Å². The average Bonchev–Trinajstić information content (AvgIpc) is 2.95. The first-order chi connectivity index (χ1) is 9.29. The summed E-state index contributed by atoms with van der Waals surface area (Å²) < 4.78 is 39.5. The average molecular weight is 287 g/mol. The third-order valence-corrected chi connectivity index (χ3v) is 2.66. The van der Waals surface area contributed by atoms with Crippen LogP contribution in [0.2, 0.25) is 0 Å². The maximum atomic E-state index is 12.6. The molecule has 9 heteroatoms. The van der Waals surface area contributed by atoms with Crippen LogP contribution in [0, 0.1) is 0 Å². The number of carbonyl (C=O) groups is 1. The number of aryl methyl sites for hydroxylation is 1. The van der Waals surface area contributed by atoms with Crippen molar-refractivity contribution in [3.8, 4) is 0 Å². The fraction of sp³-hybridized carbons (Fsp3) is 0.364. The van der Waals surface area contributed by atoms with E-state index in [1.54, 1.807) is 26.2 Å². The minimum Gasteiger partial charge on any atom is -0.342 e. The van der Waals surface area contributed by atoms with Crippen molar-refractivity contribution in [1.29, 1.82) is 0 Å². The number of alkyl halides is 3. The van der Waals surface area contributed by atoms with Crippen LogP contribution in [-0.2, 0) is 13.2 Å². The summed E-state index contributed by atoms with van der Waals surface area (Å²) in [6.07, 6.45) is -2.14. The molecule has 2 aromatic rings. The van der Waals surface area contributed by atoms with E-state index in [0.29, 0.717) is 5.69 Å². The molecule has 2 N–H and O–H groups in total. The number of nitrogens with zero attached hydrogens (tertiary/aromatic N) is 3. The maximum Gasteiger partial charge on any atom is 0.433 e. The standard InChI is InChI=1S/C11H12F3N5O/c1-6(7-3-4-19(2)18-7)17-10(20)8-9(11(12,13)14)16-5-15-8/h3-6H,1-2H3,(H,15,16)(H,17,20). The minimum atomic E-state index is -4.66. The second-order valence-electron chi connectivity index (χ2n) is 4.23. The van der Waals surface area contributed by atoms with Crippen molar-refractivity contribution in [3.63, 3.8) is 0 Å². The molecular formula is C11H12F3N5O. The van der Waals surface area contributed by atoms with Gasteiger partial charge in [0.15, 0.2) is 11.4 Å². The first kappa shape index (κ1) is 14.1. The Balaban J connectivity index is 2.15. The largest absolute Gasteiger partial charge is 0.433 e. The van der Waals surface area contributed by atoms with Gasteiger partial charge < -0.3 is 10.3 Å². The molecule has 20 heavy (non-hydrogen) atoms. The molecule has 1 unspecified atom stereocenters. The van der Waals surface area contributed by atoms with E-state index in [1.165, 1.54) is 4.68 Å². The van der Waals surface area contributed by atoms with Crippen molar-refractivity contribution >= 4 is 5.91 Å². The van der Waals surface area contributed by atoms with Gasteiger partial charge in [-0.15, -0.1) is 0 Å². The second-order valence-corrected chi connectivity index (χ2v) is 4.23. The van der Waals surface area contributed by atoms with E-state index in [9.17, 15) is 18.0 Å². The van der Waals surface area contributed by atoms with Gasteiger partial charge in [-0.05, 0) is 13.0 Å². The molecule has 2 heterocycles. The quantitative estimate of drug-likeness (QED) is 0.901. The Labute approximate surface area is 112 Å². The van der Waals surface area contributed by atoms with Crippen LogP contribution in [-0.4, -0.2) is 25.7 Å². The highest BCUT2D eigenvalue weighted by Gasteiger charge is 2.38. The summed E-state index contributed by atoms with van der Waals surface area (Å²) in [7, 11) is 1.70. The Kier molecular flexibility index (Phi) is 3.51. The molecule has 0 fully saturated rings. The highest BCUT2D eigenvalue weighted by atomic mass is 19.4. The first-order valence-corrected chi connectivity index (χ1v) is 5.70. The predicted octanol–water partition coefficient (Wildman–Crippen LogP) is 1.65. The van der Waals surface area contributed by atoms with Gasteiger partial charge in [0.05, 0.1) is 18.1 Å². The topological polar surface area (TPSA) is 75.6 Å². The van der Waals surface area contributed by atoms with Crippen LogP contribution < -0.4 is 5.32 Å². The van der Waals surface area contributed by atoms with Crippen molar-refractivity contribution in [2.45, 2.75) is 19.1 Å². The molecule has 0 aliphatic rings. The molecule has 0 bridgehead atoms. The summed E-state index contributed by atoms with van der Waals surface area (Å²) in [4.78, 5) is 17.2. The molecular weight excluding hydrogens is 275 g/mol. The Morgan fingerprint density at radius 2 is 2.20 bits per heavy atom. The number of nitrogens with one attached hydrogen (secondary N) is 2. The fourth-order valence-electron chi connectivity index (χ4n) is 1.69. The molecule has 2 aromatic heterocycles. The Hall–Kier alpha value is -2.32. The number of amides is 1. The van der Waals surface area contributed by atoms with E-state index in [4.69, 9.17) is 0 Å². The lowest BCUT2D eigenvalue weighted by atomic mass is 10.2. The molecule has 0 radical (unpaired) electrons. The number of hydrogen-bond acceptors (Lipinski definition) is 3. The Morgan fingerprint density at radius 1 is 1.50 bits per heavy atom. The Morgan fingerprint density at radius 3 is 2.75 bits per heavy atom. The molecule has 0 aliphatic heterocycles. The van der Waals surface area contributed by atoms with Crippen LogP contribution in [0.5, 0.6) is 0 Å². The molecule has 108 valence electrons. The van der Waals surface area contributed by atoms with Crippen molar-refractivity contribution in [1.82, 2.24) is 25.1 Å². The SMILES string of the molecule is CC(NC(=O)c1nc[nH]c1C(F)(F)F)c1ccn(C)n1. The molecule has 0 aromatic carbocycles. The molecule has 2 rings (SSSR count). The van der Waals surface area contributed by atoms with E-state index in [2.05, 4.69) is 15.4 Å². The normalized spacial score (nSPS) is 13.2. The number of carbonyl (C=O) groups excluding carboxylic acids is 1. The lowest BCUT2D eigenvalue weighted by Gasteiger charge is -2.12. The van der Waals surface area contributed by atoms with E-state index in [0.717, 1.165) is 6.33 Å². The van der Waals surface area contributed by atoms with Crippen LogP contribution in [0.4, 0.5) is 13.2 Å². The van der Waals surface area contributed by atoms with Crippen LogP contribution in [0.1, 0.15) is 34.8 Å². The van der Waals surface area contributed by atoms with Gasteiger partial charge in [-0.1, -0.05) is 0 Å². The van der Waals surface area contributed by atoms with Crippen LogP contribution in [0.25, 0.3) is 0 Å². The maximum absolute atomic E-state index is 12.6. The van der Waals surface area contributed by atoms with E-state index in [-0.39, 0.29) is 0 Å². The van der Waals surface area contributed by atoms with Gasteiger partial charge in [0.1, 0.15) is 0 Å². The summed E-state index contributed by atoms with van der Waals surface area (Å²) in [5.41, 5.74) is -1.30. The molecule has 0 saturated carbocycles. The van der Waals surface area contributed by atoms with Gasteiger partial charge in [0.25, 0.3) is 5.91 Å². The zero-order valence-corrected chi connectivity index (χ0v) is 10.7. The zero-order valence-electron chi connectivity index (χ0n) is 10.7. The lowest BCUT2D eigenvalue weighted by Crippen LogP contribution is -2.29. The molecule has 0 saturated heterocycles. The smallest absolute Gasteiger partial charge is 0.342 e. The van der Waals surface area contributed by atoms with Gasteiger partial charge in [-0.25, -0.2) is 4.98 Å². The van der Waals surface area contributed by atoms with Gasteiger partial charge >= 0.3 is 6.18 Å². The first-order valence-electron chi connectivity index (χ1n) is 5.70. The number of halogens is 3. The zero-order chi connectivity index (χ0) is 14.9. The van der Waals surface area contributed by atoms with Gasteiger partial charge in [-0.3, -0.25) is 9.48 Å². The number of aromatic amines is 1. The monoisotopic (exact) mass is 287 g/mol. The lowest BCUT2D eigenvalue weighted by molar-refractivity contribution is -0.141. The third-order valence-electron chi connectivity index (χ3n) is 2.66. The van der Waals surface area contributed by atoms with Gasteiger partial charge in [0, 0.05) is 13.2 Å². The van der Waals surface area contributed by atoms with Crippen LogP contribution in [0.3, 0.4) is 0 Å². The summed E-state index contributed by atoms with van der Waals surface area (Å²) in [6.45, 7) is 1.63. The Bertz CT molecular complexity index is 616. The molecule has 1 atom stereocenters. The van der Waals surface area contributed by atoms with Gasteiger partial charge in [0.2, 0.25) is 0 Å². The van der Waals surface area contributed by atoms with E-state index < -0.39 is 29.5 Å². The predicted molar refractivity (Wildman–Crippen MR) is 62.7 cm³/mol. The third kappa shape index (κ3) is 2.81. The summed E-state index contributed by atoms with van der Waals surface area (Å²) in [6, 6.07) is 1.14. The van der Waals surface area contributed by atoms with Gasteiger partial charge in [-0.2, -0.15) is 18.3 Å². The number of aromatic nitrogens is 4. The van der Waals surface area contributed by atoms with Crippen molar-refractivity contribution in [2.24, 2.45) is 7.05 Å². The van der Waals surface area contributed by atoms with Crippen molar-refractivity contribution in [2.75, 3.05) is 0 Å². The fourth-order valence-corrected chi connectivity index (χ4v) is 1.69. The van der Waals surface area contributed by atoms with Crippen LogP contribution >= 0.6 is 0 Å². The highest BCUT2D eigenvalue weighted by molar-refractivity contribution is 5.93. The second kappa shape index (κ2) is 4.99. The summed E-state index contributed by atoms with van der Waals surface area (Å²) in [5.74, 6) is -0.906. The summed E-state index contributed by atoms with van der Waals surface area (Å²) in [5, 5.41) is 6.49. The molecule has 0 aliphatic carbocycles. The number of imidazole rings is 1. The number of H-pyrrole nitrogens is 1. The van der Waals surface area contributed by atoms with Crippen LogP contribution in [0.15, 0.2) is 18.6 Å². The number of hydrogen-bond donors (Lipinski definition) is 2. The molecule has 6 nitrogen and oxygen atoms in total. The summed E-state index contributed by atoms with van der Waals surface area (Å²) >= 11 is 0. The minimum absolute atomic E-state index is 0.526. The molecule has 0 spiro atoms. The molecule has 1 amide bonds. The van der Waals surface area contributed by atoms with E-state index in [1.807, 2.05) is 4.98 Å². The van der Waals surface area contributed by atoms with Crippen molar-refractivity contribution < 1.29 is 18.0 Å². The highest BCUT2D eigenvalue weighted by Crippen LogP contribution is 2.29. The number of rotatable bonds is 3. The van der Waals surface area contributed by atoms with E-state index >= 15 is 0 Å².